The van der Waals surface area contributed by atoms with Crippen LogP contribution in [0, 0.1) is 5.92 Å². The number of nitrogens with two attached hydrogens (primary N) is 1. The monoisotopic (exact) mass is 208 g/mol. The molecule has 1 aromatic rings. The molecule has 1 saturated heterocycles. The van der Waals surface area contributed by atoms with Gasteiger partial charge in [0.2, 0.25) is 0 Å². The van der Waals surface area contributed by atoms with E-state index in [0.29, 0.717) is 12.6 Å². The van der Waals surface area contributed by atoms with E-state index in [0.717, 1.165) is 19.0 Å². The van der Waals surface area contributed by atoms with Gasteiger partial charge in [0.1, 0.15) is 0 Å². The van der Waals surface area contributed by atoms with Crippen molar-refractivity contribution >= 4 is 0 Å². The van der Waals surface area contributed by atoms with Crippen LogP contribution >= 0.6 is 0 Å². The molecular weight excluding hydrogens is 188 g/mol. The van der Waals surface area contributed by atoms with Gasteiger partial charge in [0.25, 0.3) is 0 Å². The lowest BCUT2D eigenvalue weighted by Crippen LogP contribution is -2.33. The molecule has 2 unspecified atom stereocenters. The summed E-state index contributed by atoms with van der Waals surface area (Å²) in [6.07, 6.45) is 5.06. The van der Waals surface area contributed by atoms with Crippen LogP contribution in [-0.2, 0) is 7.05 Å². The van der Waals surface area contributed by atoms with Crippen LogP contribution in [0.1, 0.15) is 25.1 Å². The van der Waals surface area contributed by atoms with Crippen molar-refractivity contribution < 1.29 is 0 Å². The lowest BCUT2D eigenvalue weighted by atomic mass is 10.1. The van der Waals surface area contributed by atoms with E-state index in [1.54, 1.807) is 0 Å². The zero-order valence-corrected chi connectivity index (χ0v) is 9.56. The van der Waals surface area contributed by atoms with Crippen molar-refractivity contribution in [3.05, 3.63) is 18.2 Å². The van der Waals surface area contributed by atoms with E-state index in [4.69, 9.17) is 5.73 Å². The van der Waals surface area contributed by atoms with Gasteiger partial charge in [-0.15, -0.1) is 0 Å². The number of rotatable bonds is 3. The third-order valence-electron chi connectivity index (χ3n) is 3.31. The average molecular weight is 208 g/mol. The Labute approximate surface area is 91.1 Å². The molecule has 0 aromatic carbocycles. The number of likely N-dealkylation sites (tertiary alicyclic amines) is 1. The Kier molecular flexibility index (Phi) is 3.07. The molecule has 0 radical (unpaired) electrons. The van der Waals surface area contributed by atoms with Gasteiger partial charge >= 0.3 is 0 Å². The Morgan fingerprint density at radius 1 is 1.67 bits per heavy atom. The quantitative estimate of drug-likeness (QED) is 0.798. The lowest BCUT2D eigenvalue weighted by Gasteiger charge is -2.26. The molecule has 84 valence electrons. The normalized spacial score (nSPS) is 24.6. The maximum absolute atomic E-state index is 5.88. The van der Waals surface area contributed by atoms with Crippen LogP contribution < -0.4 is 5.73 Å². The maximum atomic E-state index is 5.88. The second-order valence-corrected chi connectivity index (χ2v) is 4.57. The fraction of sp³-hybridized carbons (Fsp3) is 0.727. The van der Waals surface area contributed by atoms with Gasteiger partial charge in [-0.2, -0.15) is 0 Å². The molecule has 0 amide bonds. The molecule has 0 aliphatic carbocycles. The van der Waals surface area contributed by atoms with Gasteiger partial charge in [0.05, 0.1) is 18.1 Å². The van der Waals surface area contributed by atoms with Crippen LogP contribution in [0.25, 0.3) is 0 Å². The lowest BCUT2D eigenvalue weighted by molar-refractivity contribution is 0.236. The van der Waals surface area contributed by atoms with Crippen LogP contribution in [0.3, 0.4) is 0 Å². The molecule has 2 rings (SSSR count). The Hall–Kier alpha value is -0.870. The van der Waals surface area contributed by atoms with Gasteiger partial charge < -0.3 is 10.3 Å². The summed E-state index contributed by atoms with van der Waals surface area (Å²) in [5.74, 6) is 0.798. The SMILES string of the molecule is CC1CCN(C(CN)c2cncn2C)C1. The topological polar surface area (TPSA) is 47.1 Å². The maximum Gasteiger partial charge on any atom is 0.0946 e. The Bertz CT molecular complexity index is 320. The molecule has 1 aliphatic heterocycles. The van der Waals surface area contributed by atoms with Crippen molar-refractivity contribution in [1.82, 2.24) is 14.5 Å². The van der Waals surface area contributed by atoms with Crippen molar-refractivity contribution in [3.8, 4) is 0 Å². The molecule has 2 atom stereocenters. The van der Waals surface area contributed by atoms with Crippen LogP contribution in [0.4, 0.5) is 0 Å². The molecule has 4 nitrogen and oxygen atoms in total. The Balaban J connectivity index is 2.14. The van der Waals surface area contributed by atoms with Crippen LogP contribution in [-0.4, -0.2) is 34.1 Å². The second-order valence-electron chi connectivity index (χ2n) is 4.57. The first kappa shape index (κ1) is 10.6. The number of hydrogen-bond donors (Lipinski definition) is 1. The van der Waals surface area contributed by atoms with Gasteiger partial charge in [-0.25, -0.2) is 4.98 Å². The van der Waals surface area contributed by atoms with Gasteiger partial charge in [-0.3, -0.25) is 4.90 Å². The highest BCUT2D eigenvalue weighted by molar-refractivity contribution is 5.06. The van der Waals surface area contributed by atoms with E-state index in [2.05, 4.69) is 21.4 Å². The third kappa shape index (κ3) is 2.06. The first-order chi connectivity index (χ1) is 7.22. The van der Waals surface area contributed by atoms with Crippen LogP contribution in [0.5, 0.6) is 0 Å². The van der Waals surface area contributed by atoms with Crippen molar-refractivity contribution in [3.63, 3.8) is 0 Å². The highest BCUT2D eigenvalue weighted by atomic mass is 15.2. The molecule has 0 saturated carbocycles. The summed E-state index contributed by atoms with van der Waals surface area (Å²) in [7, 11) is 2.03. The van der Waals surface area contributed by atoms with Crippen LogP contribution in [0.15, 0.2) is 12.5 Å². The molecule has 0 spiro atoms. The smallest absolute Gasteiger partial charge is 0.0946 e. The van der Waals surface area contributed by atoms with Gasteiger partial charge in [-0.1, -0.05) is 6.92 Å². The highest BCUT2D eigenvalue weighted by Gasteiger charge is 2.27. The fourth-order valence-corrected chi connectivity index (χ4v) is 2.40. The van der Waals surface area contributed by atoms with Crippen molar-refractivity contribution in [1.29, 1.82) is 0 Å². The second kappa shape index (κ2) is 4.33. The van der Waals surface area contributed by atoms with Crippen molar-refractivity contribution in [2.75, 3.05) is 19.6 Å². The summed E-state index contributed by atoms with van der Waals surface area (Å²) in [5, 5.41) is 0. The fourth-order valence-electron chi connectivity index (χ4n) is 2.40. The van der Waals surface area contributed by atoms with E-state index < -0.39 is 0 Å². The highest BCUT2D eigenvalue weighted by Crippen LogP contribution is 2.26. The molecule has 2 N–H and O–H groups in total. The number of hydrogen-bond acceptors (Lipinski definition) is 3. The van der Waals surface area contributed by atoms with Crippen molar-refractivity contribution in [2.24, 2.45) is 18.7 Å². The molecular formula is C11H20N4. The minimum atomic E-state index is 0.336. The number of imidazole rings is 1. The standard InChI is InChI=1S/C11H20N4/c1-9-3-4-15(7-9)10(5-12)11-6-13-8-14(11)2/h6,8-10H,3-5,7,12H2,1-2H3. The third-order valence-corrected chi connectivity index (χ3v) is 3.31. The van der Waals surface area contributed by atoms with Gasteiger partial charge in [0, 0.05) is 26.3 Å². The minimum absolute atomic E-state index is 0.336. The summed E-state index contributed by atoms with van der Waals surface area (Å²) >= 11 is 0. The van der Waals surface area contributed by atoms with Gasteiger partial charge in [-0.05, 0) is 18.9 Å². The number of aromatic nitrogens is 2. The largest absolute Gasteiger partial charge is 0.336 e. The summed E-state index contributed by atoms with van der Waals surface area (Å²) in [6, 6.07) is 0.336. The summed E-state index contributed by atoms with van der Waals surface area (Å²) in [6.45, 7) is 5.30. The molecule has 1 aliphatic rings. The van der Waals surface area contributed by atoms with E-state index >= 15 is 0 Å². The minimum Gasteiger partial charge on any atom is -0.336 e. The summed E-state index contributed by atoms with van der Waals surface area (Å²) < 4.78 is 2.07. The van der Waals surface area contributed by atoms with Crippen molar-refractivity contribution in [2.45, 2.75) is 19.4 Å². The molecule has 4 heteroatoms. The molecule has 2 heterocycles. The number of aryl methyl sites for hydroxylation is 1. The summed E-state index contributed by atoms with van der Waals surface area (Å²) in [5.41, 5.74) is 7.10. The van der Waals surface area contributed by atoms with E-state index in [1.807, 2.05) is 19.6 Å². The average Bonchev–Trinajstić information content (AvgIpc) is 2.79. The first-order valence-electron chi connectivity index (χ1n) is 5.62. The molecule has 15 heavy (non-hydrogen) atoms. The first-order valence-corrected chi connectivity index (χ1v) is 5.62. The molecule has 0 bridgehead atoms. The van der Waals surface area contributed by atoms with E-state index in [-0.39, 0.29) is 0 Å². The summed E-state index contributed by atoms with van der Waals surface area (Å²) in [4.78, 5) is 6.64. The van der Waals surface area contributed by atoms with Crippen LogP contribution in [0.2, 0.25) is 0 Å². The Morgan fingerprint density at radius 3 is 2.93 bits per heavy atom. The predicted molar refractivity (Wildman–Crippen MR) is 60.4 cm³/mol. The zero-order valence-electron chi connectivity index (χ0n) is 9.56. The van der Waals surface area contributed by atoms with E-state index in [9.17, 15) is 0 Å². The Morgan fingerprint density at radius 2 is 2.47 bits per heavy atom. The predicted octanol–water partition coefficient (Wildman–Crippen LogP) is 0.762. The van der Waals surface area contributed by atoms with E-state index in [1.165, 1.54) is 12.1 Å². The van der Waals surface area contributed by atoms with Gasteiger partial charge in [0.15, 0.2) is 0 Å². The molecule has 1 fully saturated rings. The zero-order chi connectivity index (χ0) is 10.8. The molecule has 1 aromatic heterocycles. The number of nitrogens with zero attached hydrogens (tertiary/aromatic N) is 3.